The topological polar surface area (TPSA) is 570 Å². The largest absolute Gasteiger partial charge is 4.00 e. The summed E-state index contributed by atoms with van der Waals surface area (Å²) in [4.78, 5) is 33.0. The molecule has 0 heterocycles. The summed E-state index contributed by atoms with van der Waals surface area (Å²) in [6, 6.07) is 0. The van der Waals surface area contributed by atoms with E-state index in [1.807, 2.05) is 0 Å². The molecule has 0 fully saturated rings. The number of rotatable bonds is 10. The third kappa shape index (κ3) is 765. The van der Waals surface area contributed by atoms with Crippen molar-refractivity contribution >= 4 is 18.8 Å². The molecule has 0 aliphatic heterocycles. The minimum Gasteiger partial charge on any atom is -0.693 e. The number of halogens is 2. The van der Waals surface area contributed by atoms with Crippen molar-refractivity contribution in [3.8, 4) is 0 Å². The maximum atomic E-state index is 8.25. The SMILES string of the molecule is NCCCCCCN.NCCCCCCN.O=[N+]([O-])[O-].O=[N+]([O-])[O-].O=[N+]([O-])[O-].O=[N+]([O-])[O-].[Cl][Pt].[Cl][Pt].[NH2-].[NH2-].[NH2-].[NH2-].[NH2-].[NH2-].[Pt+4]. The Morgan fingerprint density at radius 3 is 0.488 bits per heavy atom. The first kappa shape index (κ1) is 96.8. The summed E-state index contributed by atoms with van der Waals surface area (Å²) in [6.07, 6.45) is 9.59. The third-order valence-corrected chi connectivity index (χ3v) is 2.32. The molecule has 0 rings (SSSR count). The summed E-state index contributed by atoms with van der Waals surface area (Å²) in [5.74, 6) is 0. The Balaban J connectivity index is -0.0000000163. The van der Waals surface area contributed by atoms with Gasteiger partial charge in [-0.05, 0) is 51.9 Å². The number of unbranched alkanes of at least 4 members (excludes halogenated alkanes) is 6. The van der Waals surface area contributed by atoms with Crippen molar-refractivity contribution in [3.63, 3.8) is 0 Å². The fraction of sp³-hybridized carbons (Fsp3) is 1.00. The van der Waals surface area contributed by atoms with Crippen molar-refractivity contribution in [3.05, 3.63) is 98.2 Å². The molecule has 0 amide bonds. The normalized spacial score (nSPS) is 6.19. The van der Waals surface area contributed by atoms with Gasteiger partial charge in [-0.2, -0.15) is 0 Å². The van der Waals surface area contributed by atoms with Crippen LogP contribution in [0.1, 0.15) is 51.4 Å². The van der Waals surface area contributed by atoms with Crippen molar-refractivity contribution in [2.24, 2.45) is 22.9 Å². The zero-order valence-electron chi connectivity index (χ0n) is 22.7. The summed E-state index contributed by atoms with van der Waals surface area (Å²) in [5.41, 5.74) is 21.1. The number of nitrogens with two attached hydrogens (primary N) is 10. The minimum atomic E-state index is -1.75. The van der Waals surface area contributed by atoms with E-state index in [1.165, 1.54) is 25.7 Å². The Bertz CT molecular complexity index is 355. The van der Waals surface area contributed by atoms with E-state index in [2.05, 4.69) is 18.8 Å². The van der Waals surface area contributed by atoms with Crippen LogP contribution < -0.4 is 22.9 Å². The Hall–Kier alpha value is -0.955. The van der Waals surface area contributed by atoms with Crippen LogP contribution in [0.5, 0.6) is 0 Å². The number of hydrogen-bond acceptors (Lipinski definition) is 16. The van der Waals surface area contributed by atoms with Gasteiger partial charge < -0.3 is 121 Å². The molecule has 0 saturated carbocycles. The van der Waals surface area contributed by atoms with Crippen LogP contribution >= 0.6 is 18.8 Å². The van der Waals surface area contributed by atoms with Gasteiger partial charge in [0.25, 0.3) is 0 Å². The molecule has 0 aromatic carbocycles. The van der Waals surface area contributed by atoms with E-state index in [0.717, 1.165) is 51.9 Å². The van der Waals surface area contributed by atoms with Crippen molar-refractivity contribution in [2.45, 2.75) is 51.4 Å². The molecule has 0 aliphatic carbocycles. The molecule has 0 spiro atoms. The molecule has 31 heteroatoms. The molecular weight excluding hydrogens is 1190 g/mol. The Morgan fingerprint density at radius 2 is 0.442 bits per heavy atom. The minimum absolute atomic E-state index is 0. The van der Waals surface area contributed by atoms with Crippen LogP contribution in [0.15, 0.2) is 0 Å². The summed E-state index contributed by atoms with van der Waals surface area (Å²) < 4.78 is 0. The summed E-state index contributed by atoms with van der Waals surface area (Å²) in [6.45, 7) is 3.30. The second kappa shape index (κ2) is 124. The smallest absolute Gasteiger partial charge is 0.693 e. The van der Waals surface area contributed by atoms with Crippen molar-refractivity contribution in [2.75, 3.05) is 26.2 Å². The van der Waals surface area contributed by atoms with Crippen molar-refractivity contribution in [1.82, 2.24) is 0 Å². The molecule has 284 valence electrons. The van der Waals surface area contributed by atoms with Crippen molar-refractivity contribution in [1.29, 1.82) is 0 Å². The fourth-order valence-electron chi connectivity index (χ4n) is 1.28. The molecule has 0 aromatic rings. The van der Waals surface area contributed by atoms with Gasteiger partial charge in [-0.3, -0.25) is 0 Å². The molecule has 26 nitrogen and oxygen atoms in total. The monoisotopic (exact) mass is 1230 g/mol. The van der Waals surface area contributed by atoms with E-state index < -0.39 is 20.3 Å². The van der Waals surface area contributed by atoms with Gasteiger partial charge in [-0.1, -0.05) is 25.7 Å². The molecule has 43 heavy (non-hydrogen) atoms. The van der Waals surface area contributed by atoms with Crippen LogP contribution in [0.2, 0.25) is 0 Å². The fourth-order valence-corrected chi connectivity index (χ4v) is 1.28. The van der Waals surface area contributed by atoms with E-state index in [0.29, 0.717) is 0 Å². The Labute approximate surface area is 294 Å². The van der Waals surface area contributed by atoms with E-state index in [4.69, 9.17) is 84.2 Å². The first-order chi connectivity index (χ1) is 16.8. The first-order valence-electron chi connectivity index (χ1n) is 9.06. The van der Waals surface area contributed by atoms with Crippen LogP contribution in [-0.4, -0.2) is 46.5 Å². The maximum absolute atomic E-state index is 8.25. The van der Waals surface area contributed by atoms with Crippen LogP contribution in [0.4, 0.5) is 0 Å². The standard InChI is InChI=1S/2C6H16N2.2ClH.4NO3.6H2N.3Pt/c2*7-5-3-1-2-4-6-8;;;4*2-1(3)4;;;;;;;;;/h2*1-8H2;2*1H;;;;;6*1H2;;;/q;;;;10*-1;2*+1;+4/p-2. The van der Waals surface area contributed by atoms with Gasteiger partial charge in [0.1, 0.15) is 0 Å². The van der Waals surface area contributed by atoms with Crippen LogP contribution in [-0.2, 0) is 58.6 Å². The molecule has 0 unspecified atom stereocenters. The summed E-state index contributed by atoms with van der Waals surface area (Å²) in [5, 5.41) is 59.0. The average Bonchev–Trinajstić information content (AvgIpc) is 2.76. The van der Waals surface area contributed by atoms with Gasteiger partial charge in [-0.25, -0.2) is 0 Å². The quantitative estimate of drug-likeness (QED) is 0.117. The van der Waals surface area contributed by atoms with Gasteiger partial charge in [-0.15, -0.1) is 0 Å². The zero-order chi connectivity index (χ0) is 30.8. The van der Waals surface area contributed by atoms with E-state index in [9.17, 15) is 0 Å². The number of nitrogens with zero attached hydrogens (tertiary/aromatic N) is 4. The summed E-state index contributed by atoms with van der Waals surface area (Å²) >= 11 is 3.22. The Kier molecular flexibility index (Phi) is 279. The molecule has 20 N–H and O–H groups in total. The van der Waals surface area contributed by atoms with E-state index >= 15 is 0 Å². The first-order valence-corrected chi connectivity index (χ1v) is 14.7. The molecule has 0 bridgehead atoms. The Morgan fingerprint density at radius 1 is 0.372 bits per heavy atom. The second-order valence-corrected chi connectivity index (χ2v) is 4.88. The number of hydrogen-bond donors (Lipinski definition) is 4. The van der Waals surface area contributed by atoms with Crippen molar-refractivity contribution < 1.29 is 79.0 Å². The molecular formula is C12H44Cl2N14O12Pt3-6. The van der Waals surface area contributed by atoms with Gasteiger partial charge in [0.2, 0.25) is 0 Å². The predicted molar refractivity (Wildman–Crippen MR) is 158 cm³/mol. The second-order valence-electron chi connectivity index (χ2n) is 4.88. The third-order valence-electron chi connectivity index (χ3n) is 2.32. The van der Waals surface area contributed by atoms with E-state index in [1.54, 1.807) is 37.5 Å². The molecule has 0 saturated heterocycles. The molecule has 0 radical (unpaired) electrons. The summed E-state index contributed by atoms with van der Waals surface area (Å²) in [7, 11) is 9.22. The van der Waals surface area contributed by atoms with Crippen LogP contribution in [0, 0.1) is 61.3 Å². The van der Waals surface area contributed by atoms with Gasteiger partial charge >= 0.3 is 77.4 Å². The van der Waals surface area contributed by atoms with Gasteiger partial charge in [0.05, 0.1) is 20.3 Å². The van der Waals surface area contributed by atoms with E-state index in [-0.39, 0.29) is 58.0 Å². The van der Waals surface area contributed by atoms with Crippen LogP contribution in [0.3, 0.4) is 0 Å². The molecule has 0 atom stereocenters. The molecule has 0 aromatic heterocycles. The zero-order valence-corrected chi connectivity index (χ0v) is 31.0. The van der Waals surface area contributed by atoms with Gasteiger partial charge in [0.15, 0.2) is 0 Å². The molecule has 0 aliphatic rings. The van der Waals surface area contributed by atoms with Crippen LogP contribution in [0.25, 0.3) is 36.9 Å². The average molecular weight is 1230 g/mol. The maximum Gasteiger partial charge on any atom is 4.00 e. The van der Waals surface area contributed by atoms with Gasteiger partial charge in [0, 0.05) is 0 Å². The predicted octanol–water partition coefficient (Wildman–Crippen LogP) is 5.65.